The zero-order valence-corrected chi connectivity index (χ0v) is 19.1. The number of hydroxylamine groups is 2. The maximum atomic E-state index is 13.0. The van der Waals surface area contributed by atoms with Crippen LogP contribution in [0.3, 0.4) is 0 Å². The van der Waals surface area contributed by atoms with Gasteiger partial charge in [0.1, 0.15) is 16.1 Å². The number of carbonyl (C=O) groups is 4. The fourth-order valence-corrected chi connectivity index (χ4v) is 3.64. The highest BCUT2D eigenvalue weighted by atomic mass is 35.5. The second-order valence-corrected chi connectivity index (χ2v) is 9.16. The molecule has 0 saturated carbocycles. The summed E-state index contributed by atoms with van der Waals surface area (Å²) < 4.78 is 0.0654. The highest BCUT2D eigenvalue weighted by Crippen LogP contribution is 2.41. The number of aliphatic carboxylic acids is 1. The van der Waals surface area contributed by atoms with E-state index in [1.54, 1.807) is 13.8 Å². The molecule has 0 bridgehead atoms. The summed E-state index contributed by atoms with van der Waals surface area (Å²) in [5, 5.41) is 13.8. The Morgan fingerprint density at radius 2 is 1.97 bits per heavy atom. The van der Waals surface area contributed by atoms with Gasteiger partial charge in [0.15, 0.2) is 22.4 Å². The lowest BCUT2D eigenvalue weighted by atomic mass is 9.74. The number of nitrogens with zero attached hydrogens (tertiary/aromatic N) is 3. The normalized spacial score (nSPS) is 20.1. The summed E-state index contributed by atoms with van der Waals surface area (Å²) in [7, 11) is 0. The summed E-state index contributed by atoms with van der Waals surface area (Å²) in [6, 6.07) is 0. The molecule has 0 aromatic carbocycles. The van der Waals surface area contributed by atoms with E-state index in [0.29, 0.717) is 0 Å². The van der Waals surface area contributed by atoms with E-state index in [2.05, 4.69) is 10.1 Å². The van der Waals surface area contributed by atoms with Crippen LogP contribution in [-0.4, -0.2) is 62.1 Å². The van der Waals surface area contributed by atoms with E-state index in [0.717, 1.165) is 16.4 Å². The molecular formula is C18H23ClN4O7S. The predicted molar refractivity (Wildman–Crippen MR) is 112 cm³/mol. The van der Waals surface area contributed by atoms with Gasteiger partial charge in [-0.2, -0.15) is 0 Å². The number of nitrogen functional groups attached to an aromatic ring is 1. The van der Waals surface area contributed by atoms with E-state index in [9.17, 15) is 19.2 Å². The molecule has 1 saturated heterocycles. The van der Waals surface area contributed by atoms with Gasteiger partial charge in [-0.1, -0.05) is 28.1 Å². The van der Waals surface area contributed by atoms with Crippen LogP contribution < -0.4 is 5.73 Å². The molecule has 1 aliphatic heterocycles. The second-order valence-electron chi connectivity index (χ2n) is 7.52. The van der Waals surface area contributed by atoms with Crippen molar-refractivity contribution in [1.29, 1.82) is 0 Å². The van der Waals surface area contributed by atoms with Crippen LogP contribution in [0.15, 0.2) is 5.16 Å². The molecule has 1 fully saturated rings. The molecule has 3 N–H and O–H groups in total. The number of ketones is 2. The van der Waals surface area contributed by atoms with E-state index in [1.807, 2.05) is 0 Å². The van der Waals surface area contributed by atoms with Crippen LogP contribution in [-0.2, 0) is 28.9 Å². The quantitative estimate of drug-likeness (QED) is 0.292. The third-order valence-corrected chi connectivity index (χ3v) is 5.92. The Morgan fingerprint density at radius 1 is 1.35 bits per heavy atom. The molecule has 3 atom stereocenters. The number of halogens is 1. The Hall–Kier alpha value is -2.57. The lowest BCUT2D eigenvalue weighted by Gasteiger charge is -2.52. The number of hydrogen-bond donors (Lipinski definition) is 2. The molecular weight excluding hydrogens is 452 g/mol. The molecule has 170 valence electrons. The van der Waals surface area contributed by atoms with Crippen molar-refractivity contribution in [1.82, 2.24) is 10.0 Å². The van der Waals surface area contributed by atoms with Crippen LogP contribution >= 0.6 is 22.9 Å². The third kappa shape index (κ3) is 5.20. The van der Waals surface area contributed by atoms with Crippen molar-refractivity contribution in [3.05, 3.63) is 10.0 Å². The Morgan fingerprint density at radius 3 is 2.42 bits per heavy atom. The van der Waals surface area contributed by atoms with Gasteiger partial charge in [0, 0.05) is 6.42 Å². The van der Waals surface area contributed by atoms with Crippen LogP contribution in [0.4, 0.5) is 5.13 Å². The molecule has 1 aliphatic rings. The molecule has 11 nitrogen and oxygen atoms in total. The van der Waals surface area contributed by atoms with Gasteiger partial charge in [0.05, 0.1) is 11.5 Å². The third-order valence-electron chi connectivity index (χ3n) is 4.84. The fourth-order valence-electron chi connectivity index (χ4n) is 2.71. The minimum absolute atomic E-state index is 0.0605. The molecule has 1 amide bonds. The number of rotatable bonds is 10. The molecule has 0 spiro atoms. The summed E-state index contributed by atoms with van der Waals surface area (Å²) in [5.74, 6) is -3.44. The van der Waals surface area contributed by atoms with Gasteiger partial charge in [-0.15, -0.1) is 0 Å². The van der Waals surface area contributed by atoms with Crippen molar-refractivity contribution in [2.24, 2.45) is 11.1 Å². The van der Waals surface area contributed by atoms with E-state index >= 15 is 0 Å². The Balaban J connectivity index is 2.25. The van der Waals surface area contributed by atoms with E-state index in [4.69, 9.17) is 32.1 Å². The number of hydrogen-bond acceptors (Lipinski definition) is 10. The number of carboxylic acid groups (broad SMARTS) is 1. The number of Topliss-reactive ketones (excluding diaryl/α,β-unsaturated/α-hetero) is 2. The number of β-lactam (4-membered cyclic amide) rings is 1. The molecule has 1 aromatic heterocycles. The number of amides is 1. The first-order chi connectivity index (χ1) is 14.3. The first kappa shape index (κ1) is 24.7. The van der Waals surface area contributed by atoms with Gasteiger partial charge >= 0.3 is 5.97 Å². The minimum Gasteiger partial charge on any atom is -0.478 e. The maximum Gasteiger partial charge on any atom is 0.347 e. The summed E-state index contributed by atoms with van der Waals surface area (Å²) in [5.41, 5.74) is 4.34. The monoisotopic (exact) mass is 474 g/mol. The topological polar surface area (TPSA) is 161 Å². The van der Waals surface area contributed by atoms with Gasteiger partial charge in [-0.3, -0.25) is 19.2 Å². The van der Waals surface area contributed by atoms with Crippen molar-refractivity contribution in [3.8, 4) is 0 Å². The van der Waals surface area contributed by atoms with Gasteiger partial charge in [0.2, 0.25) is 6.10 Å². The molecule has 0 radical (unpaired) electrons. The van der Waals surface area contributed by atoms with E-state index in [1.165, 1.54) is 20.8 Å². The van der Waals surface area contributed by atoms with Crippen molar-refractivity contribution in [2.75, 3.05) is 5.73 Å². The number of carboxylic acids is 1. The van der Waals surface area contributed by atoms with Crippen LogP contribution in [0.1, 0.15) is 46.7 Å². The minimum atomic E-state index is -1.34. The van der Waals surface area contributed by atoms with Gasteiger partial charge in [-0.25, -0.2) is 14.8 Å². The molecule has 1 aromatic rings. The van der Waals surface area contributed by atoms with Crippen molar-refractivity contribution in [2.45, 2.75) is 58.8 Å². The molecule has 2 rings (SSSR count). The second kappa shape index (κ2) is 9.28. The summed E-state index contributed by atoms with van der Waals surface area (Å²) in [4.78, 5) is 62.3. The summed E-state index contributed by atoms with van der Waals surface area (Å²) in [6.07, 6.45) is -2.45. The summed E-state index contributed by atoms with van der Waals surface area (Å²) in [6.45, 7) is 7.46. The zero-order chi connectivity index (χ0) is 23.7. The lowest BCUT2D eigenvalue weighted by Crippen LogP contribution is -2.68. The van der Waals surface area contributed by atoms with Crippen molar-refractivity contribution in [3.63, 3.8) is 0 Å². The van der Waals surface area contributed by atoms with Gasteiger partial charge in [-0.05, 0) is 34.6 Å². The molecule has 2 heterocycles. The summed E-state index contributed by atoms with van der Waals surface area (Å²) >= 11 is 6.99. The van der Waals surface area contributed by atoms with E-state index in [-0.39, 0.29) is 33.1 Å². The van der Waals surface area contributed by atoms with Crippen LogP contribution in [0.2, 0.25) is 4.34 Å². The number of nitrogens with two attached hydrogens (primary N) is 1. The Labute approximate surface area is 187 Å². The van der Waals surface area contributed by atoms with Crippen LogP contribution in [0, 0.1) is 5.92 Å². The predicted octanol–water partition coefficient (Wildman–Crippen LogP) is 1.68. The lowest BCUT2D eigenvalue weighted by molar-refractivity contribution is -0.279. The molecule has 13 heteroatoms. The van der Waals surface area contributed by atoms with Gasteiger partial charge in [0.25, 0.3) is 5.91 Å². The highest BCUT2D eigenvalue weighted by Gasteiger charge is 2.56. The molecule has 31 heavy (non-hydrogen) atoms. The van der Waals surface area contributed by atoms with Crippen LogP contribution in [0.5, 0.6) is 0 Å². The highest BCUT2D eigenvalue weighted by molar-refractivity contribution is 7.19. The number of thiazole rings is 1. The van der Waals surface area contributed by atoms with Crippen LogP contribution in [0.25, 0.3) is 0 Å². The van der Waals surface area contributed by atoms with E-state index < -0.39 is 41.3 Å². The first-order valence-corrected chi connectivity index (χ1v) is 10.4. The Bertz CT molecular complexity index is 945. The molecule has 2 unspecified atom stereocenters. The number of aromatic nitrogens is 1. The average Bonchev–Trinajstić information content (AvgIpc) is 3.01. The first-order valence-electron chi connectivity index (χ1n) is 9.20. The number of carbonyl (C=O) groups excluding carboxylic acids is 3. The largest absolute Gasteiger partial charge is 0.478 e. The van der Waals surface area contributed by atoms with Crippen molar-refractivity contribution >= 4 is 57.2 Å². The van der Waals surface area contributed by atoms with Crippen molar-refractivity contribution < 1.29 is 34.0 Å². The standard InChI is InChI=1S/C18H23ClN4O7S/c1-7(24)8(2)30-23-15(26)10(18(23,4)5)6-11(25)12(22-29-9(3)16(27)28)13-14(19)31-17(20)21-13/h8-10H,6H2,1-5H3,(H2,20,21)(H,27,28)/b22-12+/t8?,9?,10-/m1/s1. The maximum absolute atomic E-state index is 13.0. The fraction of sp³-hybridized carbons (Fsp3) is 0.556. The number of oxime groups is 1. The molecule has 0 aliphatic carbocycles. The Kier molecular flexibility index (Phi) is 7.40. The SMILES string of the molecule is CC(=O)C(C)ON1C(=O)[C@@H](CC(=O)/C(=N\OC(C)C(=O)O)c2nc(N)sc2Cl)C1(C)C. The zero-order valence-electron chi connectivity index (χ0n) is 17.5. The van der Waals surface area contributed by atoms with Gasteiger partial charge < -0.3 is 15.7 Å². The smallest absolute Gasteiger partial charge is 0.347 e. The average molecular weight is 475 g/mol. The number of anilines is 1.